The van der Waals surface area contributed by atoms with Crippen LogP contribution in [0, 0.1) is 0 Å². The number of hydrogen-bond acceptors (Lipinski definition) is 5. The molecule has 0 aromatic heterocycles. The van der Waals surface area contributed by atoms with Crippen LogP contribution < -0.4 is 5.32 Å². The molecule has 0 saturated carbocycles. The van der Waals surface area contributed by atoms with Crippen LogP contribution in [-0.4, -0.2) is 59.6 Å². The Labute approximate surface area is 234 Å². The molecule has 9 heteroatoms. The molecule has 37 heavy (non-hydrogen) atoms. The number of nitrogens with one attached hydrogen (secondary N) is 1. The van der Waals surface area contributed by atoms with Crippen LogP contribution in [0.15, 0.2) is 45.3 Å². The molecule has 0 fully saturated rings. The van der Waals surface area contributed by atoms with Gasteiger partial charge in [-0.1, -0.05) is 44.0 Å². The minimum Gasteiger partial charge on any atom is -0.317 e. The lowest BCUT2D eigenvalue weighted by Crippen LogP contribution is -2.52. The number of hydrogen-bond donors (Lipinski definition) is 1. The van der Waals surface area contributed by atoms with E-state index in [1.807, 2.05) is 52.0 Å². The number of halogens is 2. The Kier molecular flexibility index (Phi) is 7.79. The van der Waals surface area contributed by atoms with Crippen LogP contribution in [0.1, 0.15) is 72.4 Å². The van der Waals surface area contributed by atoms with E-state index in [4.69, 9.17) is 0 Å². The summed E-state index contributed by atoms with van der Waals surface area (Å²) in [7, 11) is 0. The summed E-state index contributed by atoms with van der Waals surface area (Å²) in [4.78, 5) is 54.9. The first kappa shape index (κ1) is 27.7. The first-order chi connectivity index (χ1) is 17.4. The fourth-order valence-corrected chi connectivity index (χ4v) is 5.83. The van der Waals surface area contributed by atoms with Gasteiger partial charge in [0.15, 0.2) is 0 Å². The van der Waals surface area contributed by atoms with Crippen molar-refractivity contribution in [1.29, 1.82) is 0 Å². The van der Waals surface area contributed by atoms with Gasteiger partial charge in [0.2, 0.25) is 11.8 Å². The van der Waals surface area contributed by atoms with Gasteiger partial charge in [-0.2, -0.15) is 0 Å². The first-order valence-electron chi connectivity index (χ1n) is 12.4. The van der Waals surface area contributed by atoms with E-state index in [2.05, 4.69) is 37.2 Å². The zero-order valence-electron chi connectivity index (χ0n) is 21.5. The third kappa shape index (κ3) is 5.05. The van der Waals surface area contributed by atoms with Gasteiger partial charge in [-0.3, -0.25) is 29.0 Å². The Morgan fingerprint density at radius 3 is 1.43 bits per heavy atom. The molecule has 2 heterocycles. The minimum atomic E-state index is -0.771. The van der Waals surface area contributed by atoms with Gasteiger partial charge in [0.1, 0.15) is 0 Å². The van der Waals surface area contributed by atoms with Gasteiger partial charge in [-0.25, -0.2) is 0 Å². The Bertz CT molecular complexity index is 1190. The van der Waals surface area contributed by atoms with Crippen molar-refractivity contribution in [3.8, 4) is 0 Å². The summed E-state index contributed by atoms with van der Waals surface area (Å²) in [6.07, 6.45) is 1.21. The lowest BCUT2D eigenvalue weighted by molar-refractivity contribution is -0.135. The molecule has 4 rings (SSSR count). The number of benzene rings is 2. The maximum atomic E-state index is 13.1. The highest BCUT2D eigenvalue weighted by Crippen LogP contribution is 2.37. The van der Waals surface area contributed by atoms with Crippen LogP contribution in [0.2, 0.25) is 0 Å². The average Bonchev–Trinajstić information content (AvgIpc) is 2.84. The average molecular weight is 633 g/mol. The predicted molar refractivity (Wildman–Crippen MR) is 149 cm³/mol. The summed E-state index contributed by atoms with van der Waals surface area (Å²) in [6, 6.07) is 10.9. The molecular formula is C28H31Br2N3O4. The molecule has 2 aliphatic heterocycles. The van der Waals surface area contributed by atoms with E-state index in [0.29, 0.717) is 50.1 Å². The third-order valence-electron chi connectivity index (χ3n) is 7.29. The predicted octanol–water partition coefficient (Wildman–Crippen LogP) is 4.80. The van der Waals surface area contributed by atoms with Gasteiger partial charge in [-0.05, 0) is 89.0 Å². The largest absolute Gasteiger partial charge is 0.317 e. The molecule has 0 aliphatic carbocycles. The van der Waals surface area contributed by atoms with Crippen molar-refractivity contribution in [1.82, 2.24) is 15.1 Å². The summed E-state index contributed by atoms with van der Waals surface area (Å²) < 4.78 is 1.60. The second kappa shape index (κ2) is 10.4. The standard InChI is InChI=1S/C28H31Br2N3O4/c1-27(2)21-9-7-17(29)15-19(21)23(34)32(25(27)36)13-5-11-31-12-6-14-33-24(35)20-16-18(30)8-10-22(20)28(3,4)26(33)37/h7-10,15-16,31H,5-6,11-14H2,1-4H3. The van der Waals surface area contributed by atoms with E-state index < -0.39 is 10.8 Å². The highest BCUT2D eigenvalue weighted by Gasteiger charge is 2.45. The molecule has 0 spiro atoms. The zero-order valence-corrected chi connectivity index (χ0v) is 24.7. The number of imide groups is 2. The van der Waals surface area contributed by atoms with Crippen LogP contribution in [0.25, 0.3) is 0 Å². The molecule has 0 saturated heterocycles. The summed E-state index contributed by atoms with van der Waals surface area (Å²) >= 11 is 6.84. The first-order valence-corrected chi connectivity index (χ1v) is 14.0. The monoisotopic (exact) mass is 631 g/mol. The molecule has 4 amide bonds. The highest BCUT2D eigenvalue weighted by atomic mass is 79.9. The molecule has 0 atom stereocenters. The number of carbonyl (C=O) groups is 4. The van der Waals surface area contributed by atoms with Gasteiger partial charge in [0, 0.05) is 33.2 Å². The summed E-state index contributed by atoms with van der Waals surface area (Å²) in [5, 5.41) is 3.31. The lowest BCUT2D eigenvalue weighted by Gasteiger charge is -2.37. The quantitative estimate of drug-likeness (QED) is 0.334. The van der Waals surface area contributed by atoms with Crippen molar-refractivity contribution >= 4 is 55.5 Å². The fraction of sp³-hybridized carbons (Fsp3) is 0.429. The molecular weight excluding hydrogens is 602 g/mol. The van der Waals surface area contributed by atoms with Crippen molar-refractivity contribution in [2.75, 3.05) is 26.2 Å². The molecule has 2 aliphatic rings. The smallest absolute Gasteiger partial charge is 0.260 e. The third-order valence-corrected chi connectivity index (χ3v) is 8.28. The molecule has 2 aromatic rings. The molecule has 0 unspecified atom stereocenters. The zero-order chi connectivity index (χ0) is 27.1. The number of nitrogens with zero attached hydrogens (tertiary/aromatic N) is 2. The molecule has 2 aromatic carbocycles. The van der Waals surface area contributed by atoms with Crippen molar-refractivity contribution in [3.05, 3.63) is 67.6 Å². The van der Waals surface area contributed by atoms with E-state index in [0.717, 1.165) is 20.1 Å². The van der Waals surface area contributed by atoms with Gasteiger partial charge >= 0.3 is 0 Å². The highest BCUT2D eigenvalue weighted by molar-refractivity contribution is 9.10. The maximum Gasteiger partial charge on any atom is 0.260 e. The van der Waals surface area contributed by atoms with Crippen molar-refractivity contribution in [2.45, 2.75) is 51.4 Å². The number of amides is 4. The van der Waals surface area contributed by atoms with Crippen LogP contribution >= 0.6 is 31.9 Å². The van der Waals surface area contributed by atoms with E-state index in [1.165, 1.54) is 9.80 Å². The minimum absolute atomic E-state index is 0.191. The second-order valence-corrected chi connectivity index (χ2v) is 12.4. The Morgan fingerprint density at radius 2 is 1.05 bits per heavy atom. The van der Waals surface area contributed by atoms with Gasteiger partial charge in [0.25, 0.3) is 11.8 Å². The topological polar surface area (TPSA) is 86.8 Å². The van der Waals surface area contributed by atoms with E-state index in [9.17, 15) is 19.2 Å². The number of fused-ring (bicyclic) bond motifs is 2. The fourth-order valence-electron chi connectivity index (χ4n) is 5.11. The lowest BCUT2D eigenvalue weighted by atomic mass is 9.77. The van der Waals surface area contributed by atoms with Crippen LogP contribution in [0.4, 0.5) is 0 Å². The molecule has 7 nitrogen and oxygen atoms in total. The van der Waals surface area contributed by atoms with Crippen molar-refractivity contribution in [3.63, 3.8) is 0 Å². The van der Waals surface area contributed by atoms with E-state index in [1.54, 1.807) is 12.1 Å². The SMILES string of the molecule is CC1(C)C(=O)N(CCCNCCCN2C(=O)c3cc(Br)ccc3C(C)(C)C2=O)C(=O)c2cc(Br)ccc21. The molecule has 196 valence electrons. The Hall–Kier alpha value is -2.36. The second-order valence-electron chi connectivity index (χ2n) is 10.6. The van der Waals surface area contributed by atoms with Crippen molar-refractivity contribution < 1.29 is 19.2 Å². The van der Waals surface area contributed by atoms with Gasteiger partial charge in [-0.15, -0.1) is 0 Å². The molecule has 0 bridgehead atoms. The maximum absolute atomic E-state index is 13.1. The molecule has 1 N–H and O–H groups in total. The van der Waals surface area contributed by atoms with Gasteiger partial charge in [0.05, 0.1) is 10.8 Å². The van der Waals surface area contributed by atoms with Crippen LogP contribution in [0.3, 0.4) is 0 Å². The van der Waals surface area contributed by atoms with E-state index in [-0.39, 0.29) is 23.6 Å². The van der Waals surface area contributed by atoms with Gasteiger partial charge < -0.3 is 5.32 Å². The summed E-state index contributed by atoms with van der Waals surface area (Å²) in [5.74, 6) is -0.914. The molecule has 0 radical (unpaired) electrons. The van der Waals surface area contributed by atoms with Crippen LogP contribution in [0.5, 0.6) is 0 Å². The number of rotatable bonds is 8. The Morgan fingerprint density at radius 1 is 0.676 bits per heavy atom. The van der Waals surface area contributed by atoms with Crippen molar-refractivity contribution in [2.24, 2.45) is 0 Å². The summed E-state index contributed by atoms with van der Waals surface area (Å²) in [6.45, 7) is 9.25. The summed E-state index contributed by atoms with van der Waals surface area (Å²) in [5.41, 5.74) is 1.07. The normalized spacial score (nSPS) is 18.2. The Balaban J connectivity index is 1.28. The van der Waals surface area contributed by atoms with Crippen LogP contribution in [-0.2, 0) is 20.4 Å². The van der Waals surface area contributed by atoms with E-state index >= 15 is 0 Å². The number of carbonyl (C=O) groups excluding carboxylic acids is 4.